The highest BCUT2D eigenvalue weighted by atomic mass is 35.5. The highest BCUT2D eigenvalue weighted by molar-refractivity contribution is 6.34. The van der Waals surface area contributed by atoms with Crippen molar-refractivity contribution in [3.8, 4) is 11.1 Å². The Labute approximate surface area is 194 Å². The third kappa shape index (κ3) is 3.19. The maximum Gasteiger partial charge on any atom is 0.258 e. The summed E-state index contributed by atoms with van der Waals surface area (Å²) < 4.78 is 17.3. The van der Waals surface area contributed by atoms with E-state index in [0.29, 0.717) is 28.9 Å². The summed E-state index contributed by atoms with van der Waals surface area (Å²) in [4.78, 5) is 22.4. The van der Waals surface area contributed by atoms with Crippen LogP contribution >= 0.6 is 11.6 Å². The molecule has 0 radical (unpaired) electrons. The van der Waals surface area contributed by atoms with Gasteiger partial charge in [0.15, 0.2) is 0 Å². The number of aromatic nitrogens is 4. The standard InChI is InChI=1S/C22H24ClFN8O/c1-31(2)20(33)15-14(25)4-3-12(18(15)24)13-8-27-19-16(17(13)23)22(9-28-19)6-5-11(7-22)32-21(26)29-10-30-32/h3-4,8,10-11H,5-7,9,25H2,1-2H3,(H,27,28)(H2,26,29,30)/t11-,22-/m0/s1. The first-order valence-electron chi connectivity index (χ1n) is 10.6. The summed E-state index contributed by atoms with van der Waals surface area (Å²) in [5, 5.41) is 8.05. The summed E-state index contributed by atoms with van der Waals surface area (Å²) in [5.74, 6) is -0.157. The van der Waals surface area contributed by atoms with E-state index in [9.17, 15) is 4.79 Å². The normalized spacial score (nSPS) is 21.3. The molecule has 33 heavy (non-hydrogen) atoms. The molecule has 2 aromatic heterocycles. The number of nitrogens with one attached hydrogen (secondary N) is 1. The second-order valence-electron chi connectivity index (χ2n) is 8.89. The Morgan fingerprint density at radius 3 is 2.79 bits per heavy atom. The lowest BCUT2D eigenvalue weighted by Gasteiger charge is -2.25. The Kier molecular flexibility index (Phi) is 4.93. The van der Waals surface area contributed by atoms with Crippen molar-refractivity contribution in [3.05, 3.63) is 46.6 Å². The van der Waals surface area contributed by atoms with Gasteiger partial charge in [0.25, 0.3) is 5.91 Å². The number of amides is 1. The molecule has 1 aliphatic heterocycles. The van der Waals surface area contributed by atoms with Crippen LogP contribution in [0, 0.1) is 5.82 Å². The number of hydrogen-bond acceptors (Lipinski definition) is 7. The first kappa shape index (κ1) is 21.4. The fourth-order valence-corrected chi connectivity index (χ4v) is 5.55. The molecule has 172 valence electrons. The molecule has 11 heteroatoms. The predicted octanol–water partition coefficient (Wildman–Crippen LogP) is 3.09. The van der Waals surface area contributed by atoms with Gasteiger partial charge < -0.3 is 21.7 Å². The zero-order valence-corrected chi connectivity index (χ0v) is 19.0. The van der Waals surface area contributed by atoms with Gasteiger partial charge in [-0.1, -0.05) is 11.6 Å². The van der Waals surface area contributed by atoms with Crippen LogP contribution in [0.15, 0.2) is 24.7 Å². The van der Waals surface area contributed by atoms with Crippen molar-refractivity contribution in [1.29, 1.82) is 0 Å². The third-order valence-electron chi connectivity index (χ3n) is 6.75. The summed E-state index contributed by atoms with van der Waals surface area (Å²) >= 11 is 6.94. The number of fused-ring (bicyclic) bond motifs is 2. The van der Waals surface area contributed by atoms with Crippen LogP contribution in [0.25, 0.3) is 11.1 Å². The molecule has 1 aliphatic carbocycles. The van der Waals surface area contributed by atoms with E-state index >= 15 is 4.39 Å². The average molecular weight is 471 g/mol. The topological polar surface area (TPSA) is 128 Å². The quantitative estimate of drug-likeness (QED) is 0.502. The van der Waals surface area contributed by atoms with E-state index in [1.54, 1.807) is 18.8 Å². The number of rotatable bonds is 3. The van der Waals surface area contributed by atoms with Gasteiger partial charge in [-0.2, -0.15) is 5.10 Å². The largest absolute Gasteiger partial charge is 0.398 e. The fourth-order valence-electron chi connectivity index (χ4n) is 5.11. The first-order chi connectivity index (χ1) is 15.7. The first-order valence-corrected chi connectivity index (χ1v) is 11.0. The summed E-state index contributed by atoms with van der Waals surface area (Å²) in [5.41, 5.74) is 13.0. The van der Waals surface area contributed by atoms with Crippen LogP contribution < -0.4 is 16.8 Å². The zero-order chi connectivity index (χ0) is 23.5. The van der Waals surface area contributed by atoms with Crippen molar-refractivity contribution in [2.75, 3.05) is 37.4 Å². The van der Waals surface area contributed by atoms with Crippen molar-refractivity contribution in [1.82, 2.24) is 24.6 Å². The van der Waals surface area contributed by atoms with Crippen LogP contribution in [0.5, 0.6) is 0 Å². The van der Waals surface area contributed by atoms with Gasteiger partial charge in [-0.25, -0.2) is 19.0 Å². The number of halogens is 2. The summed E-state index contributed by atoms with van der Waals surface area (Å²) in [7, 11) is 3.09. The minimum atomic E-state index is -0.711. The number of nitrogens with two attached hydrogens (primary N) is 2. The van der Waals surface area contributed by atoms with Crippen LogP contribution in [0.4, 0.5) is 21.8 Å². The van der Waals surface area contributed by atoms with E-state index in [-0.39, 0.29) is 28.3 Å². The van der Waals surface area contributed by atoms with Gasteiger partial charge >= 0.3 is 0 Å². The maximum absolute atomic E-state index is 15.6. The summed E-state index contributed by atoms with van der Waals surface area (Å²) in [6.45, 7) is 0.665. The van der Waals surface area contributed by atoms with Crippen molar-refractivity contribution >= 4 is 35.0 Å². The van der Waals surface area contributed by atoms with E-state index in [0.717, 1.165) is 24.8 Å². The van der Waals surface area contributed by atoms with Gasteiger partial charge in [-0.3, -0.25) is 4.79 Å². The number of benzene rings is 1. The van der Waals surface area contributed by atoms with Crippen molar-refractivity contribution in [2.24, 2.45) is 0 Å². The molecule has 0 bridgehead atoms. The Morgan fingerprint density at radius 1 is 1.30 bits per heavy atom. The van der Waals surface area contributed by atoms with Gasteiger partial charge in [0.05, 0.1) is 16.6 Å². The number of nitrogens with zero attached hydrogens (tertiary/aromatic N) is 5. The summed E-state index contributed by atoms with van der Waals surface area (Å²) in [6, 6.07) is 3.14. The molecule has 3 aromatic rings. The predicted molar refractivity (Wildman–Crippen MR) is 125 cm³/mol. The molecule has 1 fully saturated rings. The molecule has 2 aliphatic rings. The van der Waals surface area contributed by atoms with E-state index in [1.165, 1.54) is 29.6 Å². The highest BCUT2D eigenvalue weighted by Gasteiger charge is 2.48. The molecule has 1 saturated carbocycles. The molecule has 1 spiro atoms. The minimum absolute atomic E-state index is 0.0717. The van der Waals surface area contributed by atoms with Crippen LogP contribution in [-0.4, -0.2) is 51.2 Å². The number of nitrogen functional groups attached to an aromatic ring is 2. The van der Waals surface area contributed by atoms with E-state index < -0.39 is 11.7 Å². The lowest BCUT2D eigenvalue weighted by molar-refractivity contribution is 0.0824. The fraction of sp³-hybridized carbons (Fsp3) is 0.364. The molecule has 5 rings (SSSR count). The Hall–Kier alpha value is -3.40. The van der Waals surface area contributed by atoms with Crippen LogP contribution in [0.3, 0.4) is 0 Å². The number of anilines is 3. The zero-order valence-electron chi connectivity index (χ0n) is 18.3. The second kappa shape index (κ2) is 7.58. The van der Waals surface area contributed by atoms with Gasteiger partial charge in [-0.05, 0) is 31.4 Å². The van der Waals surface area contributed by atoms with E-state index in [2.05, 4.69) is 20.4 Å². The molecule has 9 nitrogen and oxygen atoms in total. The summed E-state index contributed by atoms with van der Waals surface area (Å²) in [6.07, 6.45) is 5.43. The number of pyridine rings is 1. The molecular weight excluding hydrogens is 447 g/mol. The second-order valence-corrected chi connectivity index (χ2v) is 9.27. The Balaban J connectivity index is 1.59. The molecule has 0 saturated heterocycles. The number of carbonyl (C=O) groups is 1. The van der Waals surface area contributed by atoms with Gasteiger partial charge in [0, 0.05) is 54.6 Å². The monoisotopic (exact) mass is 470 g/mol. The molecule has 1 amide bonds. The van der Waals surface area contributed by atoms with Crippen molar-refractivity contribution < 1.29 is 9.18 Å². The highest BCUT2D eigenvalue weighted by Crippen LogP contribution is 2.54. The maximum atomic E-state index is 15.6. The van der Waals surface area contributed by atoms with Gasteiger partial charge in [-0.15, -0.1) is 0 Å². The Morgan fingerprint density at radius 2 is 2.09 bits per heavy atom. The van der Waals surface area contributed by atoms with Gasteiger partial charge in [0.2, 0.25) is 5.95 Å². The third-order valence-corrected chi connectivity index (χ3v) is 7.15. The molecular formula is C22H24ClFN8O. The Bertz CT molecular complexity index is 1280. The van der Waals surface area contributed by atoms with Crippen molar-refractivity contribution in [2.45, 2.75) is 30.7 Å². The molecule has 0 unspecified atom stereocenters. The lowest BCUT2D eigenvalue weighted by atomic mass is 9.80. The smallest absolute Gasteiger partial charge is 0.258 e. The molecule has 1 aromatic carbocycles. The lowest BCUT2D eigenvalue weighted by Crippen LogP contribution is -2.26. The minimum Gasteiger partial charge on any atom is -0.398 e. The molecule has 5 N–H and O–H groups in total. The van der Waals surface area contributed by atoms with E-state index in [1.807, 2.05) is 0 Å². The molecule has 2 atom stereocenters. The van der Waals surface area contributed by atoms with Crippen LogP contribution in [0.2, 0.25) is 5.02 Å². The number of carbonyl (C=O) groups excluding carboxylic acids is 1. The van der Waals surface area contributed by atoms with Crippen LogP contribution in [-0.2, 0) is 5.41 Å². The average Bonchev–Trinajstić information content (AvgIpc) is 3.48. The van der Waals surface area contributed by atoms with E-state index in [4.69, 9.17) is 23.1 Å². The van der Waals surface area contributed by atoms with Gasteiger partial charge in [0.1, 0.15) is 18.0 Å². The molecule has 3 heterocycles. The van der Waals surface area contributed by atoms with Crippen LogP contribution in [0.1, 0.15) is 41.2 Å². The van der Waals surface area contributed by atoms with Crippen molar-refractivity contribution in [3.63, 3.8) is 0 Å². The number of hydrogen-bond donors (Lipinski definition) is 3. The SMILES string of the molecule is CN(C)C(=O)c1c(N)ccc(-c2cnc3c(c2Cl)[C@]2(CC[C@H](n4ncnc4N)C2)CN3)c1F.